The number of aliphatic hydroxyl groups is 1. The normalized spacial score (nSPS) is 24.2. The largest absolute Gasteiger partial charge is 0.393 e. The lowest BCUT2D eigenvalue weighted by molar-refractivity contribution is 0.243. The summed E-state index contributed by atoms with van der Waals surface area (Å²) in [7, 11) is 0. The molecule has 0 saturated carbocycles. The third kappa shape index (κ3) is 2.07. The van der Waals surface area contributed by atoms with Crippen molar-refractivity contribution in [1.29, 1.82) is 0 Å². The van der Waals surface area contributed by atoms with Gasteiger partial charge in [0.1, 0.15) is 0 Å². The standard InChI is InChI=1S/C7H13NOS2/c1-2-6(10)8-3-4-11-7(8)5-9/h7,9H,2-5H2,1H3. The van der Waals surface area contributed by atoms with Crippen molar-refractivity contribution in [2.45, 2.75) is 18.7 Å². The van der Waals surface area contributed by atoms with Crippen LogP contribution in [-0.4, -0.2) is 39.3 Å². The van der Waals surface area contributed by atoms with Gasteiger partial charge >= 0.3 is 0 Å². The molecule has 11 heavy (non-hydrogen) atoms. The highest BCUT2D eigenvalue weighted by molar-refractivity contribution is 8.00. The summed E-state index contributed by atoms with van der Waals surface area (Å²) in [5.41, 5.74) is 0. The fourth-order valence-electron chi connectivity index (χ4n) is 1.16. The van der Waals surface area contributed by atoms with Gasteiger partial charge in [0.2, 0.25) is 0 Å². The first-order valence-electron chi connectivity index (χ1n) is 3.81. The monoisotopic (exact) mass is 191 g/mol. The Morgan fingerprint density at radius 1 is 1.82 bits per heavy atom. The van der Waals surface area contributed by atoms with Crippen molar-refractivity contribution in [2.24, 2.45) is 0 Å². The molecular weight excluding hydrogens is 178 g/mol. The van der Waals surface area contributed by atoms with Crippen LogP contribution in [0.2, 0.25) is 0 Å². The van der Waals surface area contributed by atoms with Crippen molar-refractivity contribution < 1.29 is 5.11 Å². The second kappa shape index (κ2) is 4.28. The molecule has 1 heterocycles. The van der Waals surface area contributed by atoms with Gasteiger partial charge in [-0.1, -0.05) is 19.1 Å². The summed E-state index contributed by atoms with van der Waals surface area (Å²) in [5.74, 6) is 1.09. The van der Waals surface area contributed by atoms with Gasteiger partial charge in [-0.3, -0.25) is 0 Å². The molecule has 1 rings (SSSR count). The highest BCUT2D eigenvalue weighted by Crippen LogP contribution is 2.23. The summed E-state index contributed by atoms with van der Waals surface area (Å²) >= 11 is 6.94. The van der Waals surface area contributed by atoms with Gasteiger partial charge in [-0.2, -0.15) is 0 Å². The van der Waals surface area contributed by atoms with Crippen molar-refractivity contribution in [1.82, 2.24) is 4.90 Å². The zero-order valence-corrected chi connectivity index (χ0v) is 8.25. The fourth-order valence-corrected chi connectivity index (χ4v) is 2.54. The molecule has 0 radical (unpaired) electrons. The van der Waals surface area contributed by atoms with Crippen LogP contribution >= 0.6 is 24.0 Å². The molecular formula is C7H13NOS2. The SMILES string of the molecule is CCC(=S)N1CCSC1CO. The predicted octanol–water partition coefficient (Wildman–Crippen LogP) is 1.09. The minimum Gasteiger partial charge on any atom is -0.393 e. The average Bonchev–Trinajstić information content (AvgIpc) is 2.50. The molecule has 0 aromatic rings. The van der Waals surface area contributed by atoms with E-state index in [2.05, 4.69) is 11.8 Å². The van der Waals surface area contributed by atoms with E-state index in [1.54, 1.807) is 11.8 Å². The van der Waals surface area contributed by atoms with Gasteiger partial charge in [0, 0.05) is 12.3 Å². The minimum atomic E-state index is 0.213. The Labute approximate surface area is 77.0 Å². The van der Waals surface area contributed by atoms with E-state index < -0.39 is 0 Å². The summed E-state index contributed by atoms with van der Waals surface area (Å²) in [4.78, 5) is 3.11. The van der Waals surface area contributed by atoms with Crippen molar-refractivity contribution in [2.75, 3.05) is 18.9 Å². The Morgan fingerprint density at radius 3 is 3.09 bits per heavy atom. The van der Waals surface area contributed by atoms with E-state index >= 15 is 0 Å². The molecule has 1 aliphatic rings. The molecule has 1 saturated heterocycles. The second-order valence-corrected chi connectivity index (χ2v) is 4.21. The van der Waals surface area contributed by atoms with Crippen LogP contribution in [0.15, 0.2) is 0 Å². The summed E-state index contributed by atoms with van der Waals surface area (Å²) in [6, 6.07) is 0. The Kier molecular flexibility index (Phi) is 3.62. The van der Waals surface area contributed by atoms with Gasteiger partial charge in [-0.05, 0) is 6.42 Å². The zero-order valence-electron chi connectivity index (χ0n) is 6.62. The third-order valence-electron chi connectivity index (χ3n) is 1.77. The number of hydrogen-bond acceptors (Lipinski definition) is 3. The lowest BCUT2D eigenvalue weighted by atomic mass is 10.4. The number of aliphatic hydroxyl groups excluding tert-OH is 1. The Morgan fingerprint density at radius 2 is 2.55 bits per heavy atom. The smallest absolute Gasteiger partial charge is 0.0986 e. The first-order valence-corrected chi connectivity index (χ1v) is 5.27. The van der Waals surface area contributed by atoms with Crippen LogP contribution in [0.1, 0.15) is 13.3 Å². The molecule has 0 bridgehead atoms. The molecule has 0 aromatic heterocycles. The van der Waals surface area contributed by atoms with E-state index in [0.717, 1.165) is 23.7 Å². The molecule has 0 spiro atoms. The van der Waals surface area contributed by atoms with Gasteiger partial charge in [0.15, 0.2) is 0 Å². The lowest BCUT2D eigenvalue weighted by Crippen LogP contribution is -2.35. The zero-order chi connectivity index (χ0) is 8.27. The first kappa shape index (κ1) is 9.29. The van der Waals surface area contributed by atoms with E-state index in [9.17, 15) is 0 Å². The van der Waals surface area contributed by atoms with Crippen LogP contribution in [0.4, 0.5) is 0 Å². The van der Waals surface area contributed by atoms with Crippen molar-refractivity contribution in [3.8, 4) is 0 Å². The second-order valence-electron chi connectivity index (χ2n) is 2.45. The topological polar surface area (TPSA) is 23.5 Å². The molecule has 0 aliphatic carbocycles. The Balaban J connectivity index is 2.49. The Hall–Kier alpha value is 0.200. The highest BCUT2D eigenvalue weighted by atomic mass is 32.2. The maximum absolute atomic E-state index is 8.96. The van der Waals surface area contributed by atoms with E-state index in [0.29, 0.717) is 0 Å². The van der Waals surface area contributed by atoms with Gasteiger partial charge in [0.05, 0.1) is 17.0 Å². The molecule has 1 aliphatic heterocycles. The number of thiocarbonyl (C=S) groups is 1. The summed E-state index contributed by atoms with van der Waals surface area (Å²) in [6.07, 6.45) is 0.909. The van der Waals surface area contributed by atoms with Crippen LogP contribution in [0.5, 0.6) is 0 Å². The van der Waals surface area contributed by atoms with Gasteiger partial charge in [-0.15, -0.1) is 11.8 Å². The maximum Gasteiger partial charge on any atom is 0.0986 e. The molecule has 64 valence electrons. The number of thioether (sulfide) groups is 1. The van der Waals surface area contributed by atoms with Crippen molar-refractivity contribution in [3.63, 3.8) is 0 Å². The fraction of sp³-hybridized carbons (Fsp3) is 0.857. The molecule has 4 heteroatoms. The van der Waals surface area contributed by atoms with Gasteiger partial charge < -0.3 is 10.0 Å². The van der Waals surface area contributed by atoms with Crippen LogP contribution in [-0.2, 0) is 0 Å². The minimum absolute atomic E-state index is 0.213. The number of nitrogens with zero attached hydrogens (tertiary/aromatic N) is 1. The van der Waals surface area contributed by atoms with E-state index in [1.807, 2.05) is 0 Å². The molecule has 0 aromatic carbocycles. The number of hydrogen-bond donors (Lipinski definition) is 1. The molecule has 1 unspecified atom stereocenters. The van der Waals surface area contributed by atoms with Crippen molar-refractivity contribution >= 4 is 29.0 Å². The molecule has 1 atom stereocenters. The van der Waals surface area contributed by atoms with E-state index in [1.165, 1.54) is 0 Å². The predicted molar refractivity (Wildman–Crippen MR) is 52.9 cm³/mol. The maximum atomic E-state index is 8.96. The van der Waals surface area contributed by atoms with Crippen LogP contribution in [0.3, 0.4) is 0 Å². The summed E-state index contributed by atoms with van der Waals surface area (Å²) in [5, 5.41) is 9.18. The van der Waals surface area contributed by atoms with E-state index in [4.69, 9.17) is 17.3 Å². The van der Waals surface area contributed by atoms with Crippen LogP contribution in [0, 0.1) is 0 Å². The third-order valence-corrected chi connectivity index (χ3v) is 3.50. The molecule has 0 amide bonds. The number of rotatable bonds is 2. The van der Waals surface area contributed by atoms with Crippen molar-refractivity contribution in [3.05, 3.63) is 0 Å². The highest BCUT2D eigenvalue weighted by Gasteiger charge is 2.24. The first-order chi connectivity index (χ1) is 5.29. The van der Waals surface area contributed by atoms with Gasteiger partial charge in [0.25, 0.3) is 0 Å². The molecule has 1 fully saturated rings. The Bertz CT molecular complexity index is 151. The van der Waals surface area contributed by atoms with Crippen LogP contribution < -0.4 is 0 Å². The quantitative estimate of drug-likeness (QED) is 0.660. The summed E-state index contributed by atoms with van der Waals surface area (Å²) in [6.45, 7) is 3.27. The average molecular weight is 191 g/mol. The lowest BCUT2D eigenvalue weighted by Gasteiger charge is -2.23. The summed E-state index contributed by atoms with van der Waals surface area (Å²) < 4.78 is 0. The van der Waals surface area contributed by atoms with Gasteiger partial charge in [-0.25, -0.2) is 0 Å². The van der Waals surface area contributed by atoms with Crippen LogP contribution in [0.25, 0.3) is 0 Å². The molecule has 1 N–H and O–H groups in total. The van der Waals surface area contributed by atoms with E-state index in [-0.39, 0.29) is 12.0 Å². The molecule has 2 nitrogen and oxygen atoms in total.